The molecule has 0 aliphatic carbocycles. The van der Waals surface area contributed by atoms with Crippen molar-refractivity contribution in [2.24, 2.45) is 0 Å². The standard InChI is InChI=1S/C16H17BrN2O2/c1-3-10-8-12(18)5-6-14(10)19-16(20)11-4-7-15(21-2)13(17)9-11/h4-9H,3,18H2,1-2H3,(H,19,20). The van der Waals surface area contributed by atoms with Crippen molar-refractivity contribution in [3.8, 4) is 5.75 Å². The van der Waals surface area contributed by atoms with Crippen molar-refractivity contribution >= 4 is 33.2 Å². The number of carbonyl (C=O) groups is 1. The predicted octanol–water partition coefficient (Wildman–Crippen LogP) is 3.85. The third-order valence-corrected chi connectivity index (χ3v) is 3.79. The van der Waals surface area contributed by atoms with Crippen LogP contribution in [0.1, 0.15) is 22.8 Å². The lowest BCUT2D eigenvalue weighted by Gasteiger charge is -2.11. The summed E-state index contributed by atoms with van der Waals surface area (Å²) >= 11 is 3.38. The Labute approximate surface area is 132 Å². The molecule has 0 heterocycles. The number of nitrogen functional groups attached to an aromatic ring is 1. The number of benzene rings is 2. The Balaban J connectivity index is 2.24. The van der Waals surface area contributed by atoms with Gasteiger partial charge >= 0.3 is 0 Å². The summed E-state index contributed by atoms with van der Waals surface area (Å²) in [5.41, 5.74) is 8.80. The third-order valence-electron chi connectivity index (χ3n) is 3.17. The fourth-order valence-electron chi connectivity index (χ4n) is 2.03. The van der Waals surface area contributed by atoms with Gasteiger partial charge in [-0.2, -0.15) is 0 Å². The van der Waals surface area contributed by atoms with Crippen LogP contribution in [0.5, 0.6) is 5.75 Å². The molecule has 21 heavy (non-hydrogen) atoms. The van der Waals surface area contributed by atoms with Crippen LogP contribution in [0.3, 0.4) is 0 Å². The number of carbonyl (C=O) groups excluding carboxylic acids is 1. The maximum atomic E-state index is 12.3. The molecule has 0 fully saturated rings. The molecule has 0 atom stereocenters. The first-order valence-corrected chi connectivity index (χ1v) is 7.37. The van der Waals surface area contributed by atoms with E-state index in [0.29, 0.717) is 17.0 Å². The SMILES string of the molecule is CCc1cc(N)ccc1NC(=O)c1ccc(OC)c(Br)c1. The Morgan fingerprint density at radius 3 is 2.67 bits per heavy atom. The molecule has 2 aromatic carbocycles. The molecule has 0 aliphatic heterocycles. The average Bonchev–Trinajstić information content (AvgIpc) is 2.48. The van der Waals surface area contributed by atoms with Gasteiger partial charge in [0.15, 0.2) is 0 Å². The molecule has 110 valence electrons. The molecular weight excluding hydrogens is 332 g/mol. The number of anilines is 2. The first-order valence-electron chi connectivity index (χ1n) is 6.58. The van der Waals surface area contributed by atoms with Crippen molar-refractivity contribution < 1.29 is 9.53 Å². The first-order chi connectivity index (χ1) is 10.0. The van der Waals surface area contributed by atoms with Gasteiger partial charge in [-0.05, 0) is 64.3 Å². The molecule has 3 N–H and O–H groups in total. The maximum absolute atomic E-state index is 12.3. The highest BCUT2D eigenvalue weighted by atomic mass is 79.9. The molecule has 0 aliphatic rings. The van der Waals surface area contributed by atoms with Crippen molar-refractivity contribution in [1.82, 2.24) is 0 Å². The number of ether oxygens (including phenoxy) is 1. The minimum absolute atomic E-state index is 0.169. The van der Waals surface area contributed by atoms with E-state index in [1.807, 2.05) is 19.1 Å². The van der Waals surface area contributed by atoms with Gasteiger partial charge in [0.2, 0.25) is 0 Å². The lowest BCUT2D eigenvalue weighted by Crippen LogP contribution is -2.13. The maximum Gasteiger partial charge on any atom is 0.255 e. The summed E-state index contributed by atoms with van der Waals surface area (Å²) in [4.78, 5) is 12.3. The molecule has 0 bridgehead atoms. The van der Waals surface area contributed by atoms with E-state index in [2.05, 4.69) is 21.2 Å². The van der Waals surface area contributed by atoms with E-state index in [1.54, 1.807) is 31.4 Å². The van der Waals surface area contributed by atoms with Crippen molar-refractivity contribution in [3.05, 3.63) is 52.0 Å². The minimum atomic E-state index is -0.169. The number of nitrogens with one attached hydrogen (secondary N) is 1. The first kappa shape index (κ1) is 15.4. The predicted molar refractivity (Wildman–Crippen MR) is 88.9 cm³/mol. The number of nitrogens with two attached hydrogens (primary N) is 1. The van der Waals surface area contributed by atoms with Crippen LogP contribution in [0, 0.1) is 0 Å². The second kappa shape index (κ2) is 6.63. The number of aryl methyl sites for hydroxylation is 1. The number of rotatable bonds is 4. The summed E-state index contributed by atoms with van der Waals surface area (Å²) < 4.78 is 5.90. The van der Waals surface area contributed by atoms with Gasteiger partial charge < -0.3 is 15.8 Å². The quantitative estimate of drug-likeness (QED) is 0.824. The Morgan fingerprint density at radius 2 is 2.05 bits per heavy atom. The van der Waals surface area contributed by atoms with Crippen molar-refractivity contribution in [2.75, 3.05) is 18.2 Å². The van der Waals surface area contributed by atoms with Crippen molar-refractivity contribution in [2.45, 2.75) is 13.3 Å². The number of halogens is 1. The Hall–Kier alpha value is -2.01. The zero-order valence-corrected chi connectivity index (χ0v) is 13.5. The molecule has 2 rings (SSSR count). The zero-order valence-electron chi connectivity index (χ0n) is 11.9. The average molecular weight is 349 g/mol. The van der Waals surface area contributed by atoms with Crippen molar-refractivity contribution in [1.29, 1.82) is 0 Å². The Morgan fingerprint density at radius 1 is 1.29 bits per heavy atom. The Bertz CT molecular complexity index is 671. The van der Waals surface area contributed by atoms with Gasteiger partial charge in [0.05, 0.1) is 11.6 Å². The topological polar surface area (TPSA) is 64.3 Å². The van der Waals surface area contributed by atoms with Gasteiger partial charge in [0, 0.05) is 16.9 Å². The molecule has 0 radical (unpaired) electrons. The molecule has 4 nitrogen and oxygen atoms in total. The summed E-state index contributed by atoms with van der Waals surface area (Å²) in [5.74, 6) is 0.520. The lowest BCUT2D eigenvalue weighted by molar-refractivity contribution is 0.102. The number of hydrogen-bond donors (Lipinski definition) is 2. The highest BCUT2D eigenvalue weighted by Crippen LogP contribution is 2.26. The summed E-state index contributed by atoms with van der Waals surface area (Å²) in [7, 11) is 1.59. The monoisotopic (exact) mass is 348 g/mol. The van der Waals surface area contributed by atoms with Gasteiger partial charge in [0.1, 0.15) is 5.75 Å². The van der Waals surface area contributed by atoms with Gasteiger partial charge in [-0.1, -0.05) is 6.92 Å². The molecule has 0 saturated heterocycles. The normalized spacial score (nSPS) is 10.2. The van der Waals surface area contributed by atoms with E-state index in [1.165, 1.54) is 0 Å². The van der Waals surface area contributed by atoms with Gasteiger partial charge in [-0.3, -0.25) is 4.79 Å². The van der Waals surface area contributed by atoms with E-state index >= 15 is 0 Å². The van der Waals surface area contributed by atoms with Crippen LogP contribution < -0.4 is 15.8 Å². The zero-order chi connectivity index (χ0) is 15.4. The van der Waals surface area contributed by atoms with E-state index in [0.717, 1.165) is 22.1 Å². The number of amides is 1. The fraction of sp³-hybridized carbons (Fsp3) is 0.188. The highest BCUT2D eigenvalue weighted by Gasteiger charge is 2.11. The lowest BCUT2D eigenvalue weighted by atomic mass is 10.1. The van der Waals surface area contributed by atoms with E-state index in [4.69, 9.17) is 10.5 Å². The molecular formula is C16H17BrN2O2. The van der Waals surface area contributed by atoms with Gasteiger partial charge in [0.25, 0.3) is 5.91 Å². The summed E-state index contributed by atoms with van der Waals surface area (Å²) in [5, 5.41) is 2.91. The van der Waals surface area contributed by atoms with Gasteiger partial charge in [-0.25, -0.2) is 0 Å². The number of methoxy groups -OCH3 is 1. The molecule has 5 heteroatoms. The van der Waals surface area contributed by atoms with Crippen LogP contribution in [0.15, 0.2) is 40.9 Å². The van der Waals surface area contributed by atoms with Crippen LogP contribution in [0.2, 0.25) is 0 Å². The second-order valence-corrected chi connectivity index (χ2v) is 5.43. The third kappa shape index (κ3) is 3.55. The highest BCUT2D eigenvalue weighted by molar-refractivity contribution is 9.10. The summed E-state index contributed by atoms with van der Waals surface area (Å²) in [6.45, 7) is 2.02. The second-order valence-electron chi connectivity index (χ2n) is 4.57. The van der Waals surface area contributed by atoms with E-state index < -0.39 is 0 Å². The molecule has 0 spiro atoms. The van der Waals surface area contributed by atoms with Gasteiger partial charge in [-0.15, -0.1) is 0 Å². The molecule has 0 unspecified atom stereocenters. The fourth-order valence-corrected chi connectivity index (χ4v) is 2.57. The van der Waals surface area contributed by atoms with Crippen molar-refractivity contribution in [3.63, 3.8) is 0 Å². The molecule has 0 aromatic heterocycles. The van der Waals surface area contributed by atoms with Crippen LogP contribution in [0.4, 0.5) is 11.4 Å². The molecule has 2 aromatic rings. The van der Waals surface area contributed by atoms with E-state index in [9.17, 15) is 4.79 Å². The summed E-state index contributed by atoms with van der Waals surface area (Å²) in [6, 6.07) is 10.7. The molecule has 0 saturated carbocycles. The van der Waals surface area contributed by atoms with Crippen LogP contribution in [-0.2, 0) is 6.42 Å². The number of hydrogen-bond acceptors (Lipinski definition) is 3. The van der Waals surface area contributed by atoms with Crippen LogP contribution >= 0.6 is 15.9 Å². The smallest absolute Gasteiger partial charge is 0.255 e. The van der Waals surface area contributed by atoms with Crippen LogP contribution in [-0.4, -0.2) is 13.0 Å². The minimum Gasteiger partial charge on any atom is -0.496 e. The van der Waals surface area contributed by atoms with E-state index in [-0.39, 0.29) is 5.91 Å². The largest absolute Gasteiger partial charge is 0.496 e. The Kier molecular flexibility index (Phi) is 4.85. The molecule has 1 amide bonds. The summed E-state index contributed by atoms with van der Waals surface area (Å²) in [6.07, 6.45) is 0.799. The van der Waals surface area contributed by atoms with Crippen LogP contribution in [0.25, 0.3) is 0 Å².